The van der Waals surface area contributed by atoms with Crippen LogP contribution in [0, 0.1) is 0 Å². The molecular weight excluding hydrogens is 255 g/mol. The molecule has 0 unspecified atom stereocenters. The van der Waals surface area contributed by atoms with E-state index >= 15 is 0 Å². The molecule has 0 radical (unpaired) electrons. The molecule has 0 nitrogen and oxygen atoms in total. The summed E-state index contributed by atoms with van der Waals surface area (Å²) in [5.74, 6) is 0. The fourth-order valence-electron chi connectivity index (χ4n) is 0.295. The first-order valence-electron chi connectivity index (χ1n) is 1.60. The first kappa shape index (κ1) is 7.16. The van der Waals surface area contributed by atoms with Crippen LogP contribution < -0.4 is 0 Å². The highest BCUT2D eigenvalue weighted by Crippen LogP contribution is 3.24. The van der Waals surface area contributed by atoms with Crippen molar-refractivity contribution < 1.29 is 0 Å². The summed E-state index contributed by atoms with van der Waals surface area (Å²) in [6.07, 6.45) is 0. The van der Waals surface area contributed by atoms with Crippen LogP contribution in [0.5, 0.6) is 0 Å². The van der Waals surface area contributed by atoms with Crippen molar-refractivity contribution in [1.29, 1.82) is 0 Å². The van der Waals surface area contributed by atoms with Gasteiger partial charge in [0, 0.05) is 0 Å². The highest BCUT2D eigenvalue weighted by molar-refractivity contribution is 10.1. The molecule has 2 rings (SSSR count). The van der Waals surface area contributed by atoms with Gasteiger partial charge in [0.15, 0.2) is 0 Å². The molecule has 2 saturated heterocycles. The van der Waals surface area contributed by atoms with Gasteiger partial charge in [-0.25, -0.2) is 0 Å². The third kappa shape index (κ3) is 0.679. The third-order valence-electron chi connectivity index (χ3n) is 0.836. The molecule has 0 N–H and O–H groups in total. The Balaban J connectivity index is 2.69. The van der Waals surface area contributed by atoms with Crippen molar-refractivity contribution in [2.75, 3.05) is 0 Å². The molecule has 0 aliphatic carbocycles. The maximum Gasteiger partial charge on any atom is 0.111 e. The van der Waals surface area contributed by atoms with Crippen molar-refractivity contribution in [3.8, 4) is 0 Å². The molecule has 2 aliphatic heterocycles. The highest BCUT2D eigenvalue weighted by atomic mass is 34.6. The Morgan fingerprint density at radius 2 is 1.75 bits per heavy atom. The molecule has 8 heteroatoms. The summed E-state index contributed by atoms with van der Waals surface area (Å²) in [5, 5.41) is 0. The van der Waals surface area contributed by atoms with Crippen molar-refractivity contribution in [2.24, 2.45) is 0 Å². The second-order valence-corrected chi connectivity index (χ2v) is 35.9. The molecule has 0 aromatic heterocycles. The van der Waals surface area contributed by atoms with E-state index in [4.69, 9.17) is 33.6 Å². The van der Waals surface area contributed by atoms with Gasteiger partial charge < -0.3 is 0 Å². The van der Waals surface area contributed by atoms with Crippen LogP contribution in [0.4, 0.5) is 0 Å². The fourth-order valence-corrected chi connectivity index (χ4v) is 66.9. The second-order valence-electron chi connectivity index (χ2n) is 1.33. The Morgan fingerprint density at radius 1 is 1.38 bits per heavy atom. The number of hydrogen-bond donors (Lipinski definition) is 1. The van der Waals surface area contributed by atoms with Crippen LogP contribution in [0.3, 0.4) is 0 Å². The monoisotopic (exact) mass is 256 g/mol. The van der Waals surface area contributed by atoms with Gasteiger partial charge in [-0.05, 0) is 65.9 Å². The van der Waals surface area contributed by atoms with Crippen molar-refractivity contribution in [3.05, 3.63) is 0 Å². The molecule has 0 spiro atoms. The van der Waals surface area contributed by atoms with E-state index in [2.05, 4.69) is 0 Å². The fraction of sp³-hybridized carbons (Fsp3) is 0. The molecule has 0 saturated carbocycles. The summed E-state index contributed by atoms with van der Waals surface area (Å²) >= 11 is 15.4. The summed E-state index contributed by atoms with van der Waals surface area (Å²) in [6, 6.07) is 0. The zero-order valence-corrected chi connectivity index (χ0v) is 10.0. The van der Waals surface area contributed by atoms with Gasteiger partial charge in [0.25, 0.3) is 0 Å². The van der Waals surface area contributed by atoms with Gasteiger partial charge in [-0.3, -0.25) is 0 Å². The lowest BCUT2D eigenvalue weighted by atomic mass is 30.0. The van der Waals surface area contributed by atoms with E-state index < -0.39 is 11.5 Å². The van der Waals surface area contributed by atoms with E-state index in [1.54, 1.807) is 0 Å². The van der Waals surface area contributed by atoms with Gasteiger partial charge in [0.05, 0.1) is 0 Å². The number of rotatable bonds is 1. The normalized spacial score (nSPS) is 48.6. The molecular formula is HPS7. The first-order valence-corrected chi connectivity index (χ1v) is 14.4. The van der Waals surface area contributed by atoms with E-state index in [0.717, 1.165) is 0 Å². The molecule has 0 aromatic rings. The van der Waals surface area contributed by atoms with Gasteiger partial charge in [0.2, 0.25) is 0 Å². The number of thiol groups is 1. The molecule has 2 fully saturated rings. The van der Waals surface area contributed by atoms with E-state index in [1.165, 1.54) is 0 Å². The Bertz CT molecular complexity index is 261. The van der Waals surface area contributed by atoms with Crippen molar-refractivity contribution in [3.63, 3.8) is 0 Å². The Kier molecular flexibility index (Phi) is 1.46. The van der Waals surface area contributed by atoms with Crippen LogP contribution in [0.2, 0.25) is 0 Å². The molecule has 48 valence electrons. The van der Waals surface area contributed by atoms with Gasteiger partial charge in [-0.1, -0.05) is 0 Å². The van der Waals surface area contributed by atoms with Crippen molar-refractivity contribution in [2.45, 2.75) is 0 Å². The largest absolute Gasteiger partial charge is 0.111 e. The SMILES string of the molecule is S=[SH](=S)S12(=S)SP1S2. The zero-order valence-electron chi connectivity index (χ0n) is 3.34. The van der Waals surface area contributed by atoms with E-state index in [-0.39, 0.29) is 5.53 Å². The standard InChI is InChI=1S/HPS7/c2-7(3)8(4)1(5-8)6-8/h7H. The van der Waals surface area contributed by atoms with Crippen LogP contribution in [-0.4, -0.2) is 0 Å². The van der Waals surface area contributed by atoms with Crippen molar-refractivity contribution in [1.82, 2.24) is 0 Å². The van der Waals surface area contributed by atoms with Crippen LogP contribution >= 0.6 is 26.4 Å². The average molecular weight is 256 g/mol. The quantitative estimate of drug-likeness (QED) is 0.328. The van der Waals surface area contributed by atoms with Gasteiger partial charge >= 0.3 is 0 Å². The van der Waals surface area contributed by atoms with Crippen LogP contribution in [0.1, 0.15) is 0 Å². The molecule has 0 bridgehead atoms. The van der Waals surface area contributed by atoms with Gasteiger partial charge in [-0.15, -0.1) is 0 Å². The van der Waals surface area contributed by atoms with E-state index in [1.807, 2.05) is 20.8 Å². The Labute approximate surface area is 70.5 Å². The lowest BCUT2D eigenvalue weighted by Crippen LogP contribution is -1.85. The van der Waals surface area contributed by atoms with E-state index in [0.29, 0.717) is 0 Å². The minimum absolute atomic E-state index is 0.167. The Hall–Kier alpha value is 2.49. The lowest BCUT2D eigenvalue weighted by Gasteiger charge is -1.99. The molecule has 2 aliphatic rings. The second kappa shape index (κ2) is 1.63. The number of fused-ring (bicyclic) bond motifs is 1. The predicted octanol–water partition coefficient (Wildman–Crippen LogP) is 1.88. The summed E-state index contributed by atoms with van der Waals surface area (Å²) in [5.41, 5.74) is 0.167. The minimum atomic E-state index is -1.37. The highest BCUT2D eigenvalue weighted by Gasteiger charge is 2.78. The van der Waals surface area contributed by atoms with Gasteiger partial charge in [0.1, 0.15) is 5.53 Å². The molecule has 8 heavy (non-hydrogen) atoms. The van der Waals surface area contributed by atoms with E-state index in [9.17, 15) is 0 Å². The van der Waals surface area contributed by atoms with Crippen LogP contribution in [-0.2, 0) is 45.0 Å². The van der Waals surface area contributed by atoms with Crippen LogP contribution in [0.25, 0.3) is 0 Å². The zero-order chi connectivity index (χ0) is 6.02. The van der Waals surface area contributed by atoms with Crippen LogP contribution in [0.15, 0.2) is 0 Å². The maximum atomic E-state index is 5.38. The summed E-state index contributed by atoms with van der Waals surface area (Å²) in [6.45, 7) is 0. The molecule has 0 atom stereocenters. The molecule has 0 aromatic carbocycles. The predicted molar refractivity (Wildman–Crippen MR) is 60.3 cm³/mol. The maximum absolute atomic E-state index is 5.38. The molecule has 0 amide bonds. The summed E-state index contributed by atoms with van der Waals surface area (Å²) in [4.78, 5) is 0. The smallest absolute Gasteiger partial charge is 0.0425 e. The summed E-state index contributed by atoms with van der Waals surface area (Å²) in [7, 11) is 3.31. The summed E-state index contributed by atoms with van der Waals surface area (Å²) < 4.78 is -1.37. The van der Waals surface area contributed by atoms with Crippen molar-refractivity contribution >= 4 is 71.4 Å². The topological polar surface area (TPSA) is 0 Å². The Morgan fingerprint density at radius 3 is 1.75 bits per heavy atom. The number of hydrogen-bond acceptors (Lipinski definition) is 5. The van der Waals surface area contributed by atoms with Gasteiger partial charge in [-0.2, -0.15) is 0 Å². The first-order chi connectivity index (χ1) is 3.57. The minimum Gasteiger partial charge on any atom is -0.0425 e. The molecule has 2 heterocycles. The average Bonchev–Trinajstić information content (AvgIpc) is 2.24. The lowest BCUT2D eigenvalue weighted by molar-refractivity contribution is 5.45. The third-order valence-corrected chi connectivity index (χ3v) is 59.7.